The van der Waals surface area contributed by atoms with Gasteiger partial charge < -0.3 is 19.7 Å². The normalized spacial score (nSPS) is 38.4. The molecular formula is C22H36O5. The molecule has 27 heavy (non-hydrogen) atoms. The Morgan fingerprint density at radius 3 is 2.52 bits per heavy atom. The van der Waals surface area contributed by atoms with Gasteiger partial charge in [0.05, 0.1) is 11.2 Å². The lowest BCUT2D eigenvalue weighted by Gasteiger charge is -2.42. The van der Waals surface area contributed by atoms with Gasteiger partial charge in [-0.15, -0.1) is 0 Å². The van der Waals surface area contributed by atoms with E-state index in [0.29, 0.717) is 25.7 Å². The quantitative estimate of drug-likeness (QED) is 0.562. The molecule has 2 N–H and O–H groups in total. The van der Waals surface area contributed by atoms with Crippen LogP contribution in [0.2, 0.25) is 0 Å². The summed E-state index contributed by atoms with van der Waals surface area (Å²) in [6.45, 7) is 10.7. The van der Waals surface area contributed by atoms with E-state index in [-0.39, 0.29) is 5.97 Å². The Labute approximate surface area is 163 Å². The number of hydrogen-bond donors (Lipinski definition) is 2. The first kappa shape index (κ1) is 22.1. The summed E-state index contributed by atoms with van der Waals surface area (Å²) in [6.07, 6.45) is 9.37. The second-order valence-corrected chi connectivity index (χ2v) is 9.28. The molecule has 2 aliphatic rings. The molecule has 1 saturated heterocycles. The van der Waals surface area contributed by atoms with Crippen LogP contribution in [-0.2, 0) is 14.3 Å². The van der Waals surface area contributed by atoms with Crippen LogP contribution in [0.15, 0.2) is 23.8 Å². The summed E-state index contributed by atoms with van der Waals surface area (Å²) in [6, 6.07) is 0. The first-order chi connectivity index (χ1) is 12.3. The maximum Gasteiger partial charge on any atom is 0.303 e. The van der Waals surface area contributed by atoms with Gasteiger partial charge in [0.2, 0.25) is 0 Å². The highest BCUT2D eigenvalue weighted by molar-refractivity contribution is 5.66. The predicted molar refractivity (Wildman–Crippen MR) is 105 cm³/mol. The molecule has 2 bridgehead atoms. The molecule has 2 aliphatic heterocycles. The van der Waals surface area contributed by atoms with Crippen molar-refractivity contribution in [1.29, 1.82) is 0 Å². The fourth-order valence-electron chi connectivity index (χ4n) is 4.09. The largest absolute Gasteiger partial charge is 0.459 e. The zero-order chi connectivity index (χ0) is 20.5. The highest BCUT2D eigenvalue weighted by Crippen LogP contribution is 2.48. The minimum Gasteiger partial charge on any atom is -0.459 e. The molecule has 0 aromatic carbocycles. The number of carbonyl (C=O) groups excluding carboxylic acids is 1. The van der Waals surface area contributed by atoms with E-state index in [4.69, 9.17) is 9.47 Å². The lowest BCUT2D eigenvalue weighted by atomic mass is 9.81. The highest BCUT2D eigenvalue weighted by Gasteiger charge is 2.56. The highest BCUT2D eigenvalue weighted by atomic mass is 16.6. The Balaban J connectivity index is 2.47. The van der Waals surface area contributed by atoms with Gasteiger partial charge in [0.25, 0.3) is 0 Å². The number of allylic oxidation sites excluding steroid dienone is 2. The summed E-state index contributed by atoms with van der Waals surface area (Å²) in [7, 11) is 0. The van der Waals surface area contributed by atoms with Gasteiger partial charge in [0.15, 0.2) is 0 Å². The van der Waals surface area contributed by atoms with Gasteiger partial charge >= 0.3 is 5.97 Å². The monoisotopic (exact) mass is 380 g/mol. The minimum absolute atomic E-state index is 0.324. The molecule has 154 valence electrons. The summed E-state index contributed by atoms with van der Waals surface area (Å²) in [5.41, 5.74) is -2.56. The average Bonchev–Trinajstić information content (AvgIpc) is 2.88. The molecule has 5 heteroatoms. The second-order valence-electron chi connectivity index (χ2n) is 9.28. The Hall–Kier alpha value is -1.17. The number of ether oxygens (including phenoxy) is 2. The van der Waals surface area contributed by atoms with Gasteiger partial charge in [-0.1, -0.05) is 23.8 Å². The number of esters is 1. The maximum atomic E-state index is 11.7. The molecule has 1 fully saturated rings. The van der Waals surface area contributed by atoms with E-state index in [2.05, 4.69) is 13.0 Å². The van der Waals surface area contributed by atoms with Crippen LogP contribution in [0.3, 0.4) is 0 Å². The lowest BCUT2D eigenvalue weighted by Crippen LogP contribution is -2.52. The molecule has 4 unspecified atom stereocenters. The summed E-state index contributed by atoms with van der Waals surface area (Å²) in [5, 5.41) is 21.6. The van der Waals surface area contributed by atoms with Gasteiger partial charge in [-0.25, -0.2) is 0 Å². The molecule has 0 aliphatic carbocycles. The third kappa shape index (κ3) is 5.21. The Bertz CT molecular complexity index is 613. The number of rotatable bonds is 2. The molecule has 0 spiro atoms. The zero-order valence-corrected chi connectivity index (χ0v) is 17.7. The van der Waals surface area contributed by atoms with Crippen molar-refractivity contribution in [3.63, 3.8) is 0 Å². The molecule has 0 amide bonds. The van der Waals surface area contributed by atoms with Crippen LogP contribution in [0.1, 0.15) is 80.1 Å². The van der Waals surface area contributed by atoms with E-state index >= 15 is 0 Å². The minimum atomic E-state index is -1.15. The fraction of sp³-hybridized carbons (Fsp3) is 0.773. The summed E-state index contributed by atoms with van der Waals surface area (Å²) in [5.74, 6) is -0.324. The van der Waals surface area contributed by atoms with Crippen LogP contribution in [0.25, 0.3) is 0 Å². The third-order valence-corrected chi connectivity index (χ3v) is 6.09. The summed E-state index contributed by atoms with van der Waals surface area (Å²) >= 11 is 0. The maximum absolute atomic E-state index is 11.7. The molecule has 0 saturated carbocycles. The van der Waals surface area contributed by atoms with Crippen molar-refractivity contribution in [2.45, 2.75) is 109 Å². The van der Waals surface area contributed by atoms with Crippen LogP contribution < -0.4 is 0 Å². The molecule has 0 aromatic heterocycles. The van der Waals surface area contributed by atoms with Gasteiger partial charge in [0.1, 0.15) is 17.3 Å². The lowest BCUT2D eigenvalue weighted by molar-refractivity contribution is -0.201. The summed E-state index contributed by atoms with van der Waals surface area (Å²) < 4.78 is 12.2. The summed E-state index contributed by atoms with van der Waals surface area (Å²) in [4.78, 5) is 11.7. The van der Waals surface area contributed by atoms with Crippen molar-refractivity contribution in [3.05, 3.63) is 23.8 Å². The Morgan fingerprint density at radius 1 is 1.26 bits per heavy atom. The van der Waals surface area contributed by atoms with Crippen molar-refractivity contribution >= 4 is 5.97 Å². The van der Waals surface area contributed by atoms with Gasteiger partial charge in [-0.05, 0) is 73.1 Å². The van der Waals surface area contributed by atoms with Gasteiger partial charge in [-0.3, -0.25) is 4.79 Å². The van der Waals surface area contributed by atoms with E-state index in [1.54, 1.807) is 26.8 Å². The molecule has 4 atom stereocenters. The molecule has 0 radical (unpaired) electrons. The molecular weight excluding hydrogens is 344 g/mol. The first-order valence-electron chi connectivity index (χ1n) is 9.97. The van der Waals surface area contributed by atoms with Crippen molar-refractivity contribution in [3.8, 4) is 0 Å². The zero-order valence-electron chi connectivity index (χ0n) is 17.7. The average molecular weight is 381 g/mol. The van der Waals surface area contributed by atoms with Crippen molar-refractivity contribution < 1.29 is 24.5 Å². The molecule has 2 rings (SSSR count). The third-order valence-electron chi connectivity index (χ3n) is 6.09. The Morgan fingerprint density at radius 2 is 1.93 bits per heavy atom. The topological polar surface area (TPSA) is 76.0 Å². The van der Waals surface area contributed by atoms with E-state index in [0.717, 1.165) is 12.8 Å². The molecule has 0 aromatic rings. The van der Waals surface area contributed by atoms with Crippen LogP contribution in [0, 0.1) is 0 Å². The predicted octanol–water partition coefficient (Wildman–Crippen LogP) is 3.82. The first-order valence-corrected chi connectivity index (χ1v) is 9.97. The smallest absolute Gasteiger partial charge is 0.303 e. The molecule has 2 heterocycles. The van der Waals surface area contributed by atoms with Crippen LogP contribution in [-0.4, -0.2) is 44.7 Å². The number of aliphatic hydroxyl groups is 2. The number of hydrogen-bond acceptors (Lipinski definition) is 5. The van der Waals surface area contributed by atoms with Crippen molar-refractivity contribution in [2.75, 3.05) is 0 Å². The SMILES string of the molecule is CC(=O)OC1CCC(C)=CCCC(C)(O)C=CC2(C(C)(C)O)CCC1(C)O2. The van der Waals surface area contributed by atoms with Crippen LogP contribution in [0.5, 0.6) is 0 Å². The van der Waals surface area contributed by atoms with Gasteiger partial charge in [-0.2, -0.15) is 0 Å². The number of fused-ring (bicyclic) bond motifs is 2. The van der Waals surface area contributed by atoms with E-state index in [1.807, 2.05) is 13.0 Å². The van der Waals surface area contributed by atoms with Crippen molar-refractivity contribution in [2.24, 2.45) is 0 Å². The van der Waals surface area contributed by atoms with E-state index in [1.165, 1.54) is 12.5 Å². The second kappa shape index (κ2) is 7.69. The van der Waals surface area contributed by atoms with Crippen LogP contribution >= 0.6 is 0 Å². The standard InChI is InChI=1S/C22H36O5/c1-16-8-7-11-20(5,25)12-14-22(19(3,4)24)15-13-21(6,27-22)18(10-9-16)26-17(2)23/h8,12,14,18,24-25H,7,9-11,13,15H2,1-6H3. The number of carbonyl (C=O) groups is 1. The van der Waals surface area contributed by atoms with Crippen molar-refractivity contribution in [1.82, 2.24) is 0 Å². The molecule has 5 nitrogen and oxygen atoms in total. The Kier molecular flexibility index (Phi) is 6.30. The van der Waals surface area contributed by atoms with E-state index in [9.17, 15) is 15.0 Å². The van der Waals surface area contributed by atoms with Crippen LogP contribution in [0.4, 0.5) is 0 Å². The van der Waals surface area contributed by atoms with Gasteiger partial charge in [0, 0.05) is 6.92 Å². The fourth-order valence-corrected chi connectivity index (χ4v) is 4.09. The van der Waals surface area contributed by atoms with E-state index < -0.39 is 28.5 Å².